The molecule has 9 nitrogen and oxygen atoms in total. The number of hydrogen-bond donors (Lipinski definition) is 1. The van der Waals surface area contributed by atoms with E-state index in [9.17, 15) is 24.0 Å². The van der Waals surface area contributed by atoms with Gasteiger partial charge in [0.1, 0.15) is 11.5 Å². The number of imide groups is 1. The highest BCUT2D eigenvalue weighted by Gasteiger charge is 2.42. The monoisotopic (exact) mass is 606 g/mol. The van der Waals surface area contributed by atoms with Gasteiger partial charge in [0.05, 0.1) is 43.9 Å². The lowest BCUT2D eigenvalue weighted by molar-refractivity contribution is -0.147. The number of esters is 2. The number of carbonyl (C=O) groups excluding carboxylic acids is 5. The van der Waals surface area contributed by atoms with Crippen LogP contribution in [0.1, 0.15) is 54.9 Å². The lowest BCUT2D eigenvalue weighted by Crippen LogP contribution is -2.36. The van der Waals surface area contributed by atoms with Crippen LogP contribution in [0.4, 0.5) is 5.00 Å². The molecular weight excluding hydrogens is 590 g/mol. The molecule has 1 aromatic carbocycles. The first-order valence-corrected chi connectivity index (χ1v) is 13.2. The van der Waals surface area contributed by atoms with Crippen molar-refractivity contribution in [2.24, 2.45) is 5.92 Å². The van der Waals surface area contributed by atoms with Crippen molar-refractivity contribution in [2.45, 2.75) is 26.2 Å². The lowest BCUT2D eigenvalue weighted by Gasteiger charge is -2.18. The second-order valence-electron chi connectivity index (χ2n) is 8.46. The molecule has 0 fully saturated rings. The number of amides is 3. The number of thiophene rings is 1. The van der Waals surface area contributed by atoms with Gasteiger partial charge in [-0.3, -0.25) is 24.1 Å². The quantitative estimate of drug-likeness (QED) is 0.211. The number of methoxy groups -OCH3 is 1. The van der Waals surface area contributed by atoms with E-state index in [4.69, 9.17) is 55.9 Å². The van der Waals surface area contributed by atoms with E-state index >= 15 is 0 Å². The SMILES string of the molecule is COC(=O)c1c(NC(=O)COC(=O)CN2C(=O)c3c(Cl)c(Cl)c(Cl)c(Cl)c3C2=O)sc2c1CC[C@H](C)C2. The van der Waals surface area contributed by atoms with Crippen molar-refractivity contribution in [3.8, 4) is 0 Å². The van der Waals surface area contributed by atoms with Crippen molar-refractivity contribution >= 4 is 92.4 Å². The summed E-state index contributed by atoms with van der Waals surface area (Å²) in [4.78, 5) is 64.3. The molecular formula is C23H18Cl4N2O7S. The molecule has 0 bridgehead atoms. The molecule has 2 aliphatic rings. The average Bonchev–Trinajstić information content (AvgIpc) is 3.33. The summed E-state index contributed by atoms with van der Waals surface area (Å²) in [6.07, 6.45) is 2.37. The number of carbonyl (C=O) groups is 5. The molecule has 0 radical (unpaired) electrons. The molecule has 3 amide bonds. The Balaban J connectivity index is 1.42. The van der Waals surface area contributed by atoms with Gasteiger partial charge in [0.15, 0.2) is 6.61 Å². The first kappa shape index (κ1) is 27.7. The smallest absolute Gasteiger partial charge is 0.341 e. The van der Waals surface area contributed by atoms with Gasteiger partial charge in [0, 0.05) is 4.88 Å². The van der Waals surface area contributed by atoms with Gasteiger partial charge in [-0.25, -0.2) is 4.79 Å². The van der Waals surface area contributed by atoms with E-state index in [1.807, 2.05) is 0 Å². The highest BCUT2D eigenvalue weighted by atomic mass is 35.5. The minimum atomic E-state index is -1.04. The van der Waals surface area contributed by atoms with Gasteiger partial charge in [0.2, 0.25) is 0 Å². The van der Waals surface area contributed by atoms with Crippen LogP contribution in [0.5, 0.6) is 0 Å². The van der Waals surface area contributed by atoms with E-state index in [2.05, 4.69) is 12.2 Å². The van der Waals surface area contributed by atoms with E-state index in [1.165, 1.54) is 18.4 Å². The van der Waals surface area contributed by atoms with Gasteiger partial charge in [-0.15, -0.1) is 11.3 Å². The van der Waals surface area contributed by atoms with Crippen LogP contribution in [0.25, 0.3) is 0 Å². The number of nitrogens with zero attached hydrogens (tertiary/aromatic N) is 1. The van der Waals surface area contributed by atoms with E-state index < -0.39 is 42.8 Å². The van der Waals surface area contributed by atoms with Crippen molar-refractivity contribution in [1.82, 2.24) is 4.90 Å². The van der Waals surface area contributed by atoms with Crippen molar-refractivity contribution in [2.75, 3.05) is 25.6 Å². The van der Waals surface area contributed by atoms with Crippen LogP contribution in [-0.2, 0) is 31.9 Å². The number of benzene rings is 1. The Labute approximate surface area is 234 Å². The van der Waals surface area contributed by atoms with Gasteiger partial charge >= 0.3 is 11.9 Å². The minimum absolute atomic E-state index is 0.203. The number of anilines is 1. The predicted molar refractivity (Wildman–Crippen MR) is 138 cm³/mol. The van der Waals surface area contributed by atoms with Crippen LogP contribution in [-0.4, -0.2) is 54.8 Å². The van der Waals surface area contributed by atoms with Crippen LogP contribution < -0.4 is 5.32 Å². The van der Waals surface area contributed by atoms with Gasteiger partial charge in [-0.2, -0.15) is 0 Å². The topological polar surface area (TPSA) is 119 Å². The van der Waals surface area contributed by atoms with E-state index in [1.54, 1.807) is 0 Å². The molecule has 1 N–H and O–H groups in total. The third-order valence-electron chi connectivity index (χ3n) is 5.99. The molecule has 37 heavy (non-hydrogen) atoms. The van der Waals surface area contributed by atoms with Crippen LogP contribution in [0.3, 0.4) is 0 Å². The molecule has 2 heterocycles. The molecule has 196 valence electrons. The van der Waals surface area contributed by atoms with Crippen LogP contribution in [0, 0.1) is 5.92 Å². The molecule has 1 atom stereocenters. The summed E-state index contributed by atoms with van der Waals surface area (Å²) in [6, 6.07) is 0. The molecule has 1 aromatic heterocycles. The average molecular weight is 608 g/mol. The number of ether oxygens (including phenoxy) is 2. The summed E-state index contributed by atoms with van der Waals surface area (Å²) >= 11 is 25.4. The summed E-state index contributed by atoms with van der Waals surface area (Å²) in [7, 11) is 1.26. The van der Waals surface area contributed by atoms with Crippen molar-refractivity contribution in [3.63, 3.8) is 0 Å². The molecule has 1 aliphatic carbocycles. The Morgan fingerprint density at radius 1 is 1.03 bits per heavy atom. The largest absolute Gasteiger partial charge is 0.465 e. The van der Waals surface area contributed by atoms with Gasteiger partial charge < -0.3 is 14.8 Å². The second-order valence-corrected chi connectivity index (χ2v) is 11.1. The fraction of sp³-hybridized carbons (Fsp3) is 0.348. The summed E-state index contributed by atoms with van der Waals surface area (Å²) in [5, 5.41) is 1.96. The maximum absolute atomic E-state index is 12.7. The molecule has 0 spiro atoms. The third kappa shape index (κ3) is 5.05. The summed E-state index contributed by atoms with van der Waals surface area (Å²) in [6.45, 7) is 0.582. The maximum atomic E-state index is 12.7. The summed E-state index contributed by atoms with van der Waals surface area (Å²) < 4.78 is 9.85. The Hall–Kier alpha value is -2.37. The molecule has 0 unspecified atom stereocenters. The lowest BCUT2D eigenvalue weighted by atomic mass is 9.88. The van der Waals surface area contributed by atoms with Crippen LogP contribution in [0.15, 0.2) is 0 Å². The van der Waals surface area contributed by atoms with E-state index in [0.717, 1.165) is 23.3 Å². The number of hydrogen-bond acceptors (Lipinski definition) is 8. The Morgan fingerprint density at radius 3 is 2.19 bits per heavy atom. The van der Waals surface area contributed by atoms with Crippen LogP contribution >= 0.6 is 57.7 Å². The molecule has 4 rings (SSSR count). The van der Waals surface area contributed by atoms with Crippen LogP contribution in [0.2, 0.25) is 20.1 Å². The number of fused-ring (bicyclic) bond motifs is 2. The van der Waals surface area contributed by atoms with Gasteiger partial charge in [-0.1, -0.05) is 53.3 Å². The Morgan fingerprint density at radius 2 is 1.62 bits per heavy atom. The second kappa shape index (κ2) is 10.8. The molecule has 14 heteroatoms. The van der Waals surface area contributed by atoms with Gasteiger partial charge in [0.25, 0.3) is 17.7 Å². The molecule has 2 aromatic rings. The fourth-order valence-corrected chi connectivity index (χ4v) is 6.61. The number of nitrogens with one attached hydrogen (secondary N) is 1. The Kier molecular flexibility index (Phi) is 8.06. The number of halogens is 4. The van der Waals surface area contributed by atoms with E-state index in [-0.39, 0.29) is 31.2 Å². The normalized spacial score (nSPS) is 16.4. The maximum Gasteiger partial charge on any atom is 0.341 e. The van der Waals surface area contributed by atoms with E-state index in [0.29, 0.717) is 27.8 Å². The van der Waals surface area contributed by atoms with Gasteiger partial charge in [-0.05, 0) is 30.7 Å². The van der Waals surface area contributed by atoms with Crippen molar-refractivity contribution in [1.29, 1.82) is 0 Å². The Bertz CT molecular complexity index is 1330. The molecule has 1 aliphatic heterocycles. The summed E-state index contributed by atoms with van der Waals surface area (Å²) in [5.74, 6) is -3.69. The molecule has 0 saturated carbocycles. The highest BCUT2D eigenvalue weighted by Crippen LogP contribution is 2.45. The molecule has 0 saturated heterocycles. The number of rotatable bonds is 6. The zero-order valence-electron chi connectivity index (χ0n) is 19.3. The standard InChI is InChI=1S/C23H18Cl4N2O7S/c1-8-3-4-9-10(5-8)37-20(13(9)23(34)35-2)28-11(30)7-36-12(31)6-29-21(32)14-15(22(29)33)17(25)19(27)18(26)16(14)24/h8H,3-7H2,1-2H3,(H,28,30)/t8-/m0/s1. The zero-order valence-corrected chi connectivity index (χ0v) is 23.2. The first-order chi connectivity index (χ1) is 17.5. The first-order valence-electron chi connectivity index (χ1n) is 10.9. The third-order valence-corrected chi connectivity index (χ3v) is 8.96. The van der Waals surface area contributed by atoms with Crippen molar-refractivity contribution in [3.05, 3.63) is 47.2 Å². The summed E-state index contributed by atoms with van der Waals surface area (Å²) in [5.41, 5.74) is 0.599. The van der Waals surface area contributed by atoms with Crippen molar-refractivity contribution < 1.29 is 33.4 Å². The predicted octanol–water partition coefficient (Wildman–Crippen LogP) is 5.05. The zero-order chi connectivity index (χ0) is 27.2. The minimum Gasteiger partial charge on any atom is -0.465 e. The fourth-order valence-electron chi connectivity index (χ4n) is 4.18. The highest BCUT2D eigenvalue weighted by molar-refractivity contribution is 7.17.